The molecule has 0 bridgehead atoms. The number of fused-ring (bicyclic) bond motifs is 1. The summed E-state index contributed by atoms with van der Waals surface area (Å²) in [6.45, 7) is 9.97. The second-order valence-electron chi connectivity index (χ2n) is 10.6. The van der Waals surface area contributed by atoms with Crippen LogP contribution in [0.4, 0.5) is 11.4 Å². The molecule has 6 nitrogen and oxygen atoms in total. The summed E-state index contributed by atoms with van der Waals surface area (Å²) in [5.74, 6) is 0.922. The van der Waals surface area contributed by atoms with Gasteiger partial charge in [-0.3, -0.25) is 9.59 Å². The van der Waals surface area contributed by atoms with E-state index in [1.165, 1.54) is 0 Å². The largest absolute Gasteiger partial charge is 0.371 e. The number of nitrogens with zero attached hydrogens (tertiary/aromatic N) is 3. The molecule has 192 valence electrons. The molecule has 3 heterocycles. The molecule has 0 aromatic heterocycles. The van der Waals surface area contributed by atoms with Gasteiger partial charge in [0, 0.05) is 62.9 Å². The van der Waals surface area contributed by atoms with Crippen molar-refractivity contribution in [2.24, 2.45) is 11.8 Å². The lowest BCUT2D eigenvalue weighted by atomic mass is 10.0. The third kappa shape index (κ3) is 5.36. The normalized spacial score (nSPS) is 21.8. The second-order valence-corrected chi connectivity index (χ2v) is 11.4. The molecule has 3 aliphatic heterocycles. The van der Waals surface area contributed by atoms with E-state index in [0.717, 1.165) is 81.2 Å². The zero-order valence-electron chi connectivity index (χ0n) is 21.0. The smallest absolute Gasteiger partial charge is 0.257 e. The first-order valence-corrected chi connectivity index (χ1v) is 13.7. The molecule has 0 radical (unpaired) electrons. The van der Waals surface area contributed by atoms with Crippen molar-refractivity contribution in [3.8, 4) is 0 Å². The molecule has 3 fully saturated rings. The molecule has 3 aliphatic rings. The van der Waals surface area contributed by atoms with Crippen LogP contribution in [-0.4, -0.2) is 67.4 Å². The number of hydrogen-bond donors (Lipinski definition) is 1. The molecule has 3 saturated heterocycles. The van der Waals surface area contributed by atoms with Gasteiger partial charge in [-0.15, -0.1) is 0 Å². The fourth-order valence-corrected chi connectivity index (χ4v) is 6.42. The molecular weight excluding hydrogens is 495 g/mol. The highest BCUT2D eigenvalue weighted by Crippen LogP contribution is 2.36. The van der Waals surface area contributed by atoms with Crippen LogP contribution in [0.5, 0.6) is 0 Å². The maximum absolute atomic E-state index is 13.6. The van der Waals surface area contributed by atoms with Crippen molar-refractivity contribution in [1.29, 1.82) is 0 Å². The Kier molecular flexibility index (Phi) is 7.47. The number of likely N-dealkylation sites (tertiary alicyclic amines) is 2. The quantitative estimate of drug-likeness (QED) is 0.556. The highest BCUT2D eigenvalue weighted by Gasteiger charge is 2.42. The number of nitrogens with one attached hydrogen (secondary N) is 1. The van der Waals surface area contributed by atoms with Crippen LogP contribution in [0, 0.1) is 25.7 Å². The molecule has 2 aromatic rings. The van der Waals surface area contributed by atoms with Crippen molar-refractivity contribution in [2.45, 2.75) is 33.1 Å². The molecule has 2 unspecified atom stereocenters. The molecule has 1 N–H and O–H groups in total. The average Bonchev–Trinajstić information content (AvgIpc) is 3.56. The summed E-state index contributed by atoms with van der Waals surface area (Å²) < 4.78 is 0. The van der Waals surface area contributed by atoms with E-state index in [0.29, 0.717) is 33.9 Å². The number of hydrogen-bond acceptors (Lipinski definition) is 4. The Morgan fingerprint density at radius 3 is 2.31 bits per heavy atom. The third-order valence-electron chi connectivity index (χ3n) is 7.83. The number of halogens is 2. The topological polar surface area (TPSA) is 55.9 Å². The summed E-state index contributed by atoms with van der Waals surface area (Å²) in [5.41, 5.74) is 4.45. The van der Waals surface area contributed by atoms with Crippen molar-refractivity contribution in [3.05, 3.63) is 57.1 Å². The van der Waals surface area contributed by atoms with Crippen molar-refractivity contribution in [1.82, 2.24) is 9.80 Å². The Morgan fingerprint density at radius 2 is 1.64 bits per heavy atom. The van der Waals surface area contributed by atoms with Gasteiger partial charge in [0.05, 0.1) is 16.3 Å². The minimum atomic E-state index is -0.00719. The summed E-state index contributed by atoms with van der Waals surface area (Å²) >= 11 is 12.8. The van der Waals surface area contributed by atoms with Crippen molar-refractivity contribution < 1.29 is 9.59 Å². The van der Waals surface area contributed by atoms with E-state index in [4.69, 9.17) is 23.2 Å². The highest BCUT2D eigenvalue weighted by molar-refractivity contribution is 6.34. The molecule has 2 amide bonds. The lowest BCUT2D eigenvalue weighted by Gasteiger charge is -2.26. The van der Waals surface area contributed by atoms with Gasteiger partial charge in [0.25, 0.3) is 5.91 Å². The maximum Gasteiger partial charge on any atom is 0.257 e. The Balaban J connectivity index is 1.16. The zero-order chi connectivity index (χ0) is 25.4. The predicted octanol–water partition coefficient (Wildman–Crippen LogP) is 5.24. The van der Waals surface area contributed by atoms with Gasteiger partial charge in [-0.05, 0) is 73.9 Å². The number of rotatable bonds is 6. The molecule has 0 saturated carbocycles. The van der Waals surface area contributed by atoms with E-state index in [2.05, 4.69) is 21.2 Å². The van der Waals surface area contributed by atoms with Crippen LogP contribution in [-0.2, 0) is 4.79 Å². The summed E-state index contributed by atoms with van der Waals surface area (Å²) in [6, 6.07) is 9.59. The van der Waals surface area contributed by atoms with E-state index in [9.17, 15) is 9.59 Å². The summed E-state index contributed by atoms with van der Waals surface area (Å²) in [5, 5.41) is 4.15. The predicted molar refractivity (Wildman–Crippen MR) is 146 cm³/mol. The number of aryl methyl sites for hydroxylation is 2. The number of carbonyl (C=O) groups is 2. The van der Waals surface area contributed by atoms with E-state index in [1.54, 1.807) is 6.07 Å². The summed E-state index contributed by atoms with van der Waals surface area (Å²) in [4.78, 5) is 32.8. The fourth-order valence-electron chi connectivity index (χ4n) is 5.89. The fraction of sp³-hybridized carbons (Fsp3) is 0.500. The van der Waals surface area contributed by atoms with Crippen LogP contribution < -0.4 is 10.2 Å². The SMILES string of the molecule is Cc1cc(Cl)c(C(=O)N2CC3CN(CCC(=O)Nc4ccc(C)c(Cl)c4)CC3C2)c(N2CCCC2)c1. The lowest BCUT2D eigenvalue weighted by molar-refractivity contribution is -0.116. The van der Waals surface area contributed by atoms with Gasteiger partial charge in [0.2, 0.25) is 5.91 Å². The summed E-state index contributed by atoms with van der Waals surface area (Å²) in [6.07, 6.45) is 2.74. The maximum atomic E-state index is 13.6. The van der Waals surface area contributed by atoms with Crippen LogP contribution in [0.25, 0.3) is 0 Å². The molecule has 0 spiro atoms. The number of amides is 2. The Hall–Kier alpha value is -2.28. The van der Waals surface area contributed by atoms with Crippen molar-refractivity contribution in [3.63, 3.8) is 0 Å². The second kappa shape index (κ2) is 10.6. The van der Waals surface area contributed by atoms with Crippen molar-refractivity contribution >= 4 is 46.4 Å². The number of benzene rings is 2. The third-order valence-corrected chi connectivity index (χ3v) is 8.54. The first-order valence-electron chi connectivity index (χ1n) is 12.9. The Morgan fingerprint density at radius 1 is 0.944 bits per heavy atom. The monoisotopic (exact) mass is 528 g/mol. The van der Waals surface area contributed by atoms with E-state index in [-0.39, 0.29) is 11.8 Å². The first-order chi connectivity index (χ1) is 17.3. The van der Waals surface area contributed by atoms with Gasteiger partial charge < -0.3 is 20.0 Å². The van der Waals surface area contributed by atoms with Crippen LogP contribution in [0.2, 0.25) is 10.0 Å². The van der Waals surface area contributed by atoms with Gasteiger partial charge >= 0.3 is 0 Å². The van der Waals surface area contributed by atoms with E-state index < -0.39 is 0 Å². The van der Waals surface area contributed by atoms with Gasteiger partial charge in [0.15, 0.2) is 0 Å². The van der Waals surface area contributed by atoms with Gasteiger partial charge in [-0.2, -0.15) is 0 Å². The van der Waals surface area contributed by atoms with Crippen LogP contribution in [0.3, 0.4) is 0 Å². The lowest BCUT2D eigenvalue weighted by Crippen LogP contribution is -2.35. The van der Waals surface area contributed by atoms with Crippen LogP contribution >= 0.6 is 23.2 Å². The van der Waals surface area contributed by atoms with E-state index >= 15 is 0 Å². The molecule has 5 rings (SSSR count). The molecule has 8 heteroatoms. The first kappa shape index (κ1) is 25.4. The van der Waals surface area contributed by atoms with Crippen molar-refractivity contribution in [2.75, 3.05) is 56.0 Å². The summed E-state index contributed by atoms with van der Waals surface area (Å²) in [7, 11) is 0. The molecule has 0 aliphatic carbocycles. The molecular formula is C28H34Cl2N4O2. The molecule has 2 atom stereocenters. The number of carbonyl (C=O) groups excluding carboxylic acids is 2. The highest BCUT2D eigenvalue weighted by atomic mass is 35.5. The average molecular weight is 530 g/mol. The number of anilines is 2. The minimum absolute atomic E-state index is 0.00719. The van der Waals surface area contributed by atoms with Crippen LogP contribution in [0.15, 0.2) is 30.3 Å². The van der Waals surface area contributed by atoms with E-state index in [1.807, 2.05) is 36.9 Å². The van der Waals surface area contributed by atoms with Gasteiger partial charge in [0.1, 0.15) is 0 Å². The van der Waals surface area contributed by atoms with Gasteiger partial charge in [-0.1, -0.05) is 29.3 Å². The van der Waals surface area contributed by atoms with Crippen LogP contribution in [0.1, 0.15) is 40.7 Å². The molecule has 36 heavy (non-hydrogen) atoms. The molecule has 2 aromatic carbocycles. The Labute approximate surface area is 223 Å². The minimum Gasteiger partial charge on any atom is -0.371 e. The standard InChI is InChI=1S/C28H34Cl2N4O2/c1-18-11-24(30)27(25(12-18)33-8-3-4-9-33)28(36)34-16-20-14-32(15-21(20)17-34)10-7-26(35)31-22-6-5-19(2)23(29)13-22/h5-6,11-13,20-21H,3-4,7-10,14-17H2,1-2H3,(H,31,35). The zero-order valence-corrected chi connectivity index (χ0v) is 22.5. The Bertz CT molecular complexity index is 1150. The van der Waals surface area contributed by atoms with Gasteiger partial charge in [-0.25, -0.2) is 0 Å².